The summed E-state index contributed by atoms with van der Waals surface area (Å²) in [6.07, 6.45) is 2.47. The molecule has 2 heterocycles. The molecule has 0 bridgehead atoms. The molecule has 0 radical (unpaired) electrons. The Morgan fingerprint density at radius 1 is 1.59 bits per heavy atom. The lowest BCUT2D eigenvalue weighted by Gasteiger charge is -2.26. The summed E-state index contributed by atoms with van der Waals surface area (Å²) < 4.78 is 9.47. The van der Waals surface area contributed by atoms with E-state index in [9.17, 15) is 0 Å². The molecule has 0 aliphatic carbocycles. The van der Waals surface area contributed by atoms with Crippen molar-refractivity contribution in [3.8, 4) is 0 Å². The lowest BCUT2D eigenvalue weighted by Crippen LogP contribution is -2.30. The molecule has 1 aliphatic heterocycles. The highest BCUT2D eigenvalue weighted by Gasteiger charge is 2.17. The van der Waals surface area contributed by atoms with Crippen molar-refractivity contribution in [1.29, 1.82) is 0 Å². The number of anilines is 1. The van der Waals surface area contributed by atoms with Gasteiger partial charge in [-0.15, -0.1) is 5.10 Å². The first-order chi connectivity index (χ1) is 8.29. The molecule has 0 aromatic carbocycles. The maximum absolute atomic E-state index is 5.50. The standard InChI is InChI=1S/C11H20N4OS/c1-12-11-10(13-14-17-11)7-15(2)6-9-4-3-5-16-8-9/h9,12H,3-8H2,1-2H3. The summed E-state index contributed by atoms with van der Waals surface area (Å²) in [6, 6.07) is 0. The molecule has 0 spiro atoms. The van der Waals surface area contributed by atoms with Gasteiger partial charge in [0.05, 0.1) is 6.61 Å². The lowest BCUT2D eigenvalue weighted by molar-refractivity contribution is 0.0410. The van der Waals surface area contributed by atoms with Crippen LogP contribution in [0, 0.1) is 5.92 Å². The molecule has 96 valence electrons. The topological polar surface area (TPSA) is 50.3 Å². The summed E-state index contributed by atoms with van der Waals surface area (Å²) in [7, 11) is 4.04. The number of aromatic nitrogens is 2. The number of nitrogens with zero attached hydrogens (tertiary/aromatic N) is 3. The Hall–Kier alpha value is -0.720. The van der Waals surface area contributed by atoms with E-state index < -0.39 is 0 Å². The van der Waals surface area contributed by atoms with E-state index in [0.717, 1.165) is 37.0 Å². The summed E-state index contributed by atoms with van der Waals surface area (Å²) in [6.45, 7) is 3.75. The average Bonchev–Trinajstić information content (AvgIpc) is 2.77. The third-order valence-corrected chi connectivity index (χ3v) is 3.81. The molecule has 1 unspecified atom stereocenters. The Labute approximate surface area is 106 Å². The molecule has 1 N–H and O–H groups in total. The van der Waals surface area contributed by atoms with Crippen LogP contribution in [0.1, 0.15) is 18.5 Å². The smallest absolute Gasteiger partial charge is 0.134 e. The second-order valence-electron chi connectivity index (χ2n) is 4.58. The SMILES string of the molecule is CNc1snnc1CN(C)CC1CCCOC1. The van der Waals surface area contributed by atoms with E-state index in [1.54, 1.807) is 0 Å². The average molecular weight is 256 g/mol. The van der Waals surface area contributed by atoms with E-state index in [0.29, 0.717) is 5.92 Å². The van der Waals surface area contributed by atoms with Gasteiger partial charge in [0.1, 0.15) is 10.7 Å². The van der Waals surface area contributed by atoms with Crippen LogP contribution in [-0.2, 0) is 11.3 Å². The predicted octanol–water partition coefficient (Wildman–Crippen LogP) is 1.44. The van der Waals surface area contributed by atoms with Gasteiger partial charge < -0.3 is 10.1 Å². The third-order valence-electron chi connectivity index (χ3n) is 3.03. The number of ether oxygens (including phenoxy) is 1. The Balaban J connectivity index is 1.82. The van der Waals surface area contributed by atoms with Gasteiger partial charge >= 0.3 is 0 Å². The zero-order chi connectivity index (χ0) is 12.1. The zero-order valence-corrected chi connectivity index (χ0v) is 11.3. The fourth-order valence-corrected chi connectivity index (χ4v) is 2.74. The molecule has 1 saturated heterocycles. The maximum Gasteiger partial charge on any atom is 0.134 e. The van der Waals surface area contributed by atoms with Crippen molar-refractivity contribution in [2.75, 3.05) is 39.2 Å². The second kappa shape index (κ2) is 6.28. The quantitative estimate of drug-likeness (QED) is 0.864. The molecular formula is C11H20N4OS. The molecule has 1 aromatic rings. The Morgan fingerprint density at radius 2 is 2.47 bits per heavy atom. The van der Waals surface area contributed by atoms with Crippen LogP contribution in [0.4, 0.5) is 5.00 Å². The van der Waals surface area contributed by atoms with Crippen molar-refractivity contribution in [1.82, 2.24) is 14.5 Å². The molecule has 6 heteroatoms. The molecule has 1 atom stereocenters. The minimum atomic E-state index is 0.665. The van der Waals surface area contributed by atoms with Gasteiger partial charge in [-0.2, -0.15) is 0 Å². The summed E-state index contributed by atoms with van der Waals surface area (Å²) >= 11 is 1.41. The number of nitrogens with one attached hydrogen (secondary N) is 1. The van der Waals surface area contributed by atoms with E-state index in [-0.39, 0.29) is 0 Å². The molecule has 0 saturated carbocycles. The molecular weight excluding hydrogens is 236 g/mol. The van der Waals surface area contributed by atoms with Crippen LogP contribution in [0.2, 0.25) is 0 Å². The number of hydrogen-bond acceptors (Lipinski definition) is 6. The number of rotatable bonds is 5. The monoisotopic (exact) mass is 256 g/mol. The van der Waals surface area contributed by atoms with Gasteiger partial charge in [0, 0.05) is 38.3 Å². The highest BCUT2D eigenvalue weighted by Crippen LogP contribution is 2.20. The van der Waals surface area contributed by atoms with Gasteiger partial charge in [-0.3, -0.25) is 4.90 Å². The minimum Gasteiger partial charge on any atom is -0.381 e. The van der Waals surface area contributed by atoms with Crippen LogP contribution in [0.15, 0.2) is 0 Å². The zero-order valence-electron chi connectivity index (χ0n) is 10.5. The van der Waals surface area contributed by atoms with E-state index in [4.69, 9.17) is 4.74 Å². The van der Waals surface area contributed by atoms with Gasteiger partial charge in [-0.25, -0.2) is 0 Å². The van der Waals surface area contributed by atoms with Crippen molar-refractivity contribution in [3.63, 3.8) is 0 Å². The third kappa shape index (κ3) is 3.62. The van der Waals surface area contributed by atoms with Crippen molar-refractivity contribution < 1.29 is 4.74 Å². The molecule has 2 rings (SSSR count). The highest BCUT2D eigenvalue weighted by atomic mass is 32.1. The summed E-state index contributed by atoms with van der Waals surface area (Å²) in [5.74, 6) is 0.665. The maximum atomic E-state index is 5.50. The lowest BCUT2D eigenvalue weighted by atomic mass is 10.0. The number of hydrogen-bond donors (Lipinski definition) is 1. The highest BCUT2D eigenvalue weighted by molar-refractivity contribution is 7.10. The van der Waals surface area contributed by atoms with Crippen LogP contribution in [-0.4, -0.2) is 48.3 Å². The summed E-state index contributed by atoms with van der Waals surface area (Å²) in [5.41, 5.74) is 1.04. The fourth-order valence-electron chi connectivity index (χ4n) is 2.21. The Bertz CT molecular complexity index is 338. The first kappa shape index (κ1) is 12.7. The largest absolute Gasteiger partial charge is 0.381 e. The van der Waals surface area contributed by atoms with Gasteiger partial charge in [0.2, 0.25) is 0 Å². The molecule has 1 aromatic heterocycles. The molecule has 5 nitrogen and oxygen atoms in total. The van der Waals surface area contributed by atoms with Crippen LogP contribution < -0.4 is 5.32 Å². The molecule has 0 amide bonds. The van der Waals surface area contributed by atoms with Crippen molar-refractivity contribution in [2.24, 2.45) is 5.92 Å². The predicted molar refractivity (Wildman–Crippen MR) is 69.3 cm³/mol. The van der Waals surface area contributed by atoms with Crippen molar-refractivity contribution >= 4 is 16.5 Å². The normalized spacial score (nSPS) is 20.8. The van der Waals surface area contributed by atoms with Crippen LogP contribution >= 0.6 is 11.5 Å². The second-order valence-corrected chi connectivity index (χ2v) is 5.33. The van der Waals surface area contributed by atoms with Crippen LogP contribution in [0.3, 0.4) is 0 Å². The van der Waals surface area contributed by atoms with E-state index in [2.05, 4.69) is 26.9 Å². The minimum absolute atomic E-state index is 0.665. The molecule has 17 heavy (non-hydrogen) atoms. The molecule has 1 aliphatic rings. The van der Waals surface area contributed by atoms with E-state index in [1.165, 1.54) is 24.4 Å². The molecule has 1 fully saturated rings. The van der Waals surface area contributed by atoms with E-state index in [1.807, 2.05) is 7.05 Å². The van der Waals surface area contributed by atoms with Crippen molar-refractivity contribution in [2.45, 2.75) is 19.4 Å². The Kier molecular flexibility index (Phi) is 4.70. The van der Waals surface area contributed by atoms with Gasteiger partial charge in [-0.1, -0.05) is 4.49 Å². The van der Waals surface area contributed by atoms with Crippen molar-refractivity contribution in [3.05, 3.63) is 5.69 Å². The van der Waals surface area contributed by atoms with Gasteiger partial charge in [0.15, 0.2) is 0 Å². The first-order valence-corrected chi connectivity index (χ1v) is 6.82. The summed E-state index contributed by atoms with van der Waals surface area (Å²) in [4.78, 5) is 2.30. The Morgan fingerprint density at radius 3 is 3.18 bits per heavy atom. The van der Waals surface area contributed by atoms with E-state index >= 15 is 0 Å². The fraction of sp³-hybridized carbons (Fsp3) is 0.818. The van der Waals surface area contributed by atoms with Crippen LogP contribution in [0.5, 0.6) is 0 Å². The first-order valence-electron chi connectivity index (χ1n) is 6.05. The van der Waals surface area contributed by atoms with Gasteiger partial charge in [0.25, 0.3) is 0 Å². The van der Waals surface area contributed by atoms with Gasteiger partial charge in [-0.05, 0) is 25.8 Å². The van der Waals surface area contributed by atoms with Crippen LogP contribution in [0.25, 0.3) is 0 Å². The summed E-state index contributed by atoms with van der Waals surface area (Å²) in [5, 5.41) is 8.35.